The molecule has 2 aromatic carbocycles. The van der Waals surface area contributed by atoms with Gasteiger partial charge in [-0.05, 0) is 43.2 Å². The zero-order valence-corrected chi connectivity index (χ0v) is 13.1. The minimum absolute atomic E-state index is 0.182. The van der Waals surface area contributed by atoms with Crippen molar-refractivity contribution in [1.82, 2.24) is 0 Å². The van der Waals surface area contributed by atoms with Crippen molar-refractivity contribution < 1.29 is 9.59 Å². The summed E-state index contributed by atoms with van der Waals surface area (Å²) in [4.78, 5) is 25.7. The molecular formula is C18H20N2O2. The van der Waals surface area contributed by atoms with Crippen LogP contribution in [0.25, 0.3) is 0 Å². The minimum Gasteiger partial charge on any atom is -0.325 e. The van der Waals surface area contributed by atoms with Gasteiger partial charge in [0.05, 0.1) is 0 Å². The zero-order valence-electron chi connectivity index (χ0n) is 13.1. The number of hydrogen-bond acceptors (Lipinski definition) is 2. The van der Waals surface area contributed by atoms with E-state index in [0.29, 0.717) is 0 Å². The maximum absolute atomic E-state index is 12.2. The molecule has 2 rings (SSSR count). The lowest BCUT2D eigenvalue weighted by Gasteiger charge is -2.17. The summed E-state index contributed by atoms with van der Waals surface area (Å²) in [5.41, 5.74) is 3.64. The van der Waals surface area contributed by atoms with Crippen LogP contribution in [0.2, 0.25) is 0 Å². The van der Waals surface area contributed by atoms with Crippen LogP contribution in [0.15, 0.2) is 48.5 Å². The Kier molecular flexibility index (Phi) is 4.94. The topological polar surface area (TPSA) is 49.4 Å². The fraction of sp³-hybridized carbons (Fsp3) is 0.222. The molecule has 0 saturated heterocycles. The summed E-state index contributed by atoms with van der Waals surface area (Å²) in [7, 11) is 1.67. The summed E-state index contributed by atoms with van der Waals surface area (Å²) in [5.74, 6) is -0.546. The molecule has 4 nitrogen and oxygen atoms in total. The molecule has 0 radical (unpaired) electrons. The average molecular weight is 296 g/mol. The molecule has 4 heteroatoms. The Morgan fingerprint density at radius 3 is 2.36 bits per heavy atom. The van der Waals surface area contributed by atoms with Crippen LogP contribution in [-0.4, -0.2) is 18.9 Å². The lowest BCUT2D eigenvalue weighted by molar-refractivity contribution is -0.125. The number of benzene rings is 2. The van der Waals surface area contributed by atoms with Crippen LogP contribution < -0.4 is 10.2 Å². The maximum Gasteiger partial charge on any atom is 0.236 e. The van der Waals surface area contributed by atoms with Crippen molar-refractivity contribution in [2.24, 2.45) is 0 Å². The first kappa shape index (κ1) is 15.8. The SMILES string of the molecule is Cc1cccc(NC(=O)CC(=O)N(C)c2ccccc2)c1C. The van der Waals surface area contributed by atoms with E-state index in [2.05, 4.69) is 5.32 Å². The highest BCUT2D eigenvalue weighted by molar-refractivity contribution is 6.09. The smallest absolute Gasteiger partial charge is 0.236 e. The molecule has 2 amide bonds. The monoisotopic (exact) mass is 296 g/mol. The van der Waals surface area contributed by atoms with Gasteiger partial charge >= 0.3 is 0 Å². The van der Waals surface area contributed by atoms with Gasteiger partial charge in [-0.1, -0.05) is 30.3 Å². The minimum atomic E-state index is -0.304. The molecule has 0 aliphatic carbocycles. The van der Waals surface area contributed by atoms with E-state index in [4.69, 9.17) is 0 Å². The Morgan fingerprint density at radius 1 is 1.00 bits per heavy atom. The normalized spacial score (nSPS) is 10.1. The Labute approximate surface area is 130 Å². The van der Waals surface area contributed by atoms with E-state index in [0.717, 1.165) is 22.5 Å². The van der Waals surface area contributed by atoms with E-state index >= 15 is 0 Å². The number of rotatable bonds is 4. The van der Waals surface area contributed by atoms with Gasteiger partial charge in [0.25, 0.3) is 0 Å². The number of carbonyl (C=O) groups is 2. The van der Waals surface area contributed by atoms with Crippen molar-refractivity contribution in [2.75, 3.05) is 17.3 Å². The molecule has 0 heterocycles. The van der Waals surface area contributed by atoms with E-state index in [-0.39, 0.29) is 18.2 Å². The van der Waals surface area contributed by atoms with Gasteiger partial charge in [0.1, 0.15) is 6.42 Å². The lowest BCUT2D eigenvalue weighted by Crippen LogP contribution is -2.30. The molecule has 0 fully saturated rings. The first-order chi connectivity index (χ1) is 10.5. The molecule has 0 aliphatic heterocycles. The fourth-order valence-corrected chi connectivity index (χ4v) is 2.13. The van der Waals surface area contributed by atoms with Crippen LogP contribution in [0.4, 0.5) is 11.4 Å². The molecule has 0 atom stereocenters. The quantitative estimate of drug-likeness (QED) is 0.880. The molecule has 0 saturated carbocycles. The van der Waals surface area contributed by atoms with Gasteiger partial charge in [0, 0.05) is 18.4 Å². The highest BCUT2D eigenvalue weighted by Gasteiger charge is 2.16. The largest absolute Gasteiger partial charge is 0.325 e. The van der Waals surface area contributed by atoms with E-state index < -0.39 is 0 Å². The molecule has 22 heavy (non-hydrogen) atoms. The molecule has 0 aliphatic rings. The molecular weight excluding hydrogens is 276 g/mol. The van der Waals surface area contributed by atoms with E-state index in [1.807, 2.05) is 62.4 Å². The highest BCUT2D eigenvalue weighted by Crippen LogP contribution is 2.18. The number of anilines is 2. The first-order valence-electron chi connectivity index (χ1n) is 7.16. The number of amides is 2. The number of carbonyl (C=O) groups excluding carboxylic acids is 2. The third-order valence-corrected chi connectivity index (χ3v) is 3.71. The average Bonchev–Trinajstić information content (AvgIpc) is 2.52. The van der Waals surface area contributed by atoms with Crippen molar-refractivity contribution in [2.45, 2.75) is 20.3 Å². The summed E-state index contributed by atoms with van der Waals surface area (Å²) in [5, 5.41) is 2.80. The molecule has 114 valence electrons. The number of para-hydroxylation sites is 1. The third kappa shape index (κ3) is 3.73. The van der Waals surface area contributed by atoms with Gasteiger partial charge in [0.15, 0.2) is 0 Å². The molecule has 0 aromatic heterocycles. The van der Waals surface area contributed by atoms with Gasteiger partial charge < -0.3 is 10.2 Å². The van der Waals surface area contributed by atoms with Gasteiger partial charge in [0.2, 0.25) is 11.8 Å². The van der Waals surface area contributed by atoms with Crippen molar-refractivity contribution in [3.63, 3.8) is 0 Å². The Balaban J connectivity index is 2.00. The molecule has 0 bridgehead atoms. The Morgan fingerprint density at radius 2 is 1.68 bits per heavy atom. The Bertz CT molecular complexity index is 681. The maximum atomic E-state index is 12.2. The standard InChI is InChI=1S/C18H20N2O2/c1-13-8-7-11-16(14(13)2)19-17(21)12-18(22)20(3)15-9-5-4-6-10-15/h4-11H,12H2,1-3H3,(H,19,21). The molecule has 0 spiro atoms. The zero-order chi connectivity index (χ0) is 16.1. The summed E-state index contributed by atoms with van der Waals surface area (Å²) in [6.07, 6.45) is -0.182. The van der Waals surface area contributed by atoms with Crippen LogP contribution in [0.3, 0.4) is 0 Å². The third-order valence-electron chi connectivity index (χ3n) is 3.71. The summed E-state index contributed by atoms with van der Waals surface area (Å²) >= 11 is 0. The summed E-state index contributed by atoms with van der Waals surface area (Å²) in [6, 6.07) is 15.0. The second-order valence-electron chi connectivity index (χ2n) is 5.26. The first-order valence-corrected chi connectivity index (χ1v) is 7.16. The summed E-state index contributed by atoms with van der Waals surface area (Å²) in [6.45, 7) is 3.93. The fourth-order valence-electron chi connectivity index (χ4n) is 2.13. The molecule has 2 aromatic rings. The van der Waals surface area contributed by atoms with Crippen LogP contribution >= 0.6 is 0 Å². The van der Waals surface area contributed by atoms with Crippen LogP contribution in [0, 0.1) is 13.8 Å². The second-order valence-corrected chi connectivity index (χ2v) is 5.26. The van der Waals surface area contributed by atoms with Crippen molar-refractivity contribution in [3.8, 4) is 0 Å². The predicted molar refractivity (Wildman–Crippen MR) is 89.0 cm³/mol. The van der Waals surface area contributed by atoms with Crippen LogP contribution in [-0.2, 0) is 9.59 Å². The van der Waals surface area contributed by atoms with E-state index in [9.17, 15) is 9.59 Å². The van der Waals surface area contributed by atoms with Gasteiger partial charge in [-0.3, -0.25) is 9.59 Å². The number of aryl methyl sites for hydroxylation is 1. The van der Waals surface area contributed by atoms with Gasteiger partial charge in [-0.2, -0.15) is 0 Å². The molecule has 0 unspecified atom stereocenters. The van der Waals surface area contributed by atoms with Gasteiger partial charge in [-0.25, -0.2) is 0 Å². The van der Waals surface area contributed by atoms with Crippen molar-refractivity contribution in [1.29, 1.82) is 0 Å². The number of nitrogens with one attached hydrogen (secondary N) is 1. The van der Waals surface area contributed by atoms with Crippen LogP contribution in [0.1, 0.15) is 17.5 Å². The van der Waals surface area contributed by atoms with Gasteiger partial charge in [-0.15, -0.1) is 0 Å². The predicted octanol–water partition coefficient (Wildman–Crippen LogP) is 3.30. The van der Waals surface area contributed by atoms with E-state index in [1.165, 1.54) is 4.90 Å². The highest BCUT2D eigenvalue weighted by atomic mass is 16.2. The van der Waals surface area contributed by atoms with Crippen molar-refractivity contribution >= 4 is 23.2 Å². The van der Waals surface area contributed by atoms with Crippen molar-refractivity contribution in [3.05, 3.63) is 59.7 Å². The Hall–Kier alpha value is -2.62. The number of nitrogens with zero attached hydrogens (tertiary/aromatic N) is 1. The van der Waals surface area contributed by atoms with E-state index in [1.54, 1.807) is 7.05 Å². The second kappa shape index (κ2) is 6.89. The lowest BCUT2D eigenvalue weighted by atomic mass is 10.1. The molecule has 1 N–H and O–H groups in total. The summed E-state index contributed by atoms with van der Waals surface area (Å²) < 4.78 is 0. The number of hydrogen-bond donors (Lipinski definition) is 1. The van der Waals surface area contributed by atoms with Crippen LogP contribution in [0.5, 0.6) is 0 Å².